The second kappa shape index (κ2) is 9.13. The Morgan fingerprint density at radius 2 is 1.62 bits per heavy atom. The summed E-state index contributed by atoms with van der Waals surface area (Å²) in [4.78, 5) is 11.9. The molecule has 1 aliphatic rings. The molecule has 0 saturated heterocycles. The molecule has 5 nitrogen and oxygen atoms in total. The van der Waals surface area contributed by atoms with Gasteiger partial charge in [-0.2, -0.15) is 0 Å². The summed E-state index contributed by atoms with van der Waals surface area (Å²) in [5.74, 6) is 2.13. The van der Waals surface area contributed by atoms with E-state index in [0.29, 0.717) is 13.2 Å². The monoisotopic (exact) mass is 355 g/mol. The van der Waals surface area contributed by atoms with Crippen LogP contribution in [-0.4, -0.2) is 32.8 Å². The number of benzene rings is 2. The van der Waals surface area contributed by atoms with Crippen LogP contribution in [0.2, 0.25) is 0 Å². The fourth-order valence-corrected chi connectivity index (χ4v) is 3.03. The molecule has 5 heteroatoms. The molecule has 0 heterocycles. The van der Waals surface area contributed by atoms with Crippen molar-refractivity contribution in [2.75, 3.05) is 26.9 Å². The number of rotatable bonds is 8. The second-order valence-corrected chi connectivity index (χ2v) is 6.30. The highest BCUT2D eigenvalue weighted by Gasteiger charge is 2.10. The molecule has 0 aromatic heterocycles. The molecule has 1 aliphatic carbocycles. The van der Waals surface area contributed by atoms with E-state index in [9.17, 15) is 4.79 Å². The van der Waals surface area contributed by atoms with Crippen molar-refractivity contribution in [2.24, 2.45) is 0 Å². The topological polar surface area (TPSA) is 56.8 Å². The predicted molar refractivity (Wildman–Crippen MR) is 100 cm³/mol. The summed E-state index contributed by atoms with van der Waals surface area (Å²) in [5, 5.41) is 2.79. The van der Waals surface area contributed by atoms with Crippen LogP contribution in [0.4, 0.5) is 0 Å². The van der Waals surface area contributed by atoms with Gasteiger partial charge < -0.3 is 19.5 Å². The average Bonchev–Trinajstić information content (AvgIpc) is 2.70. The van der Waals surface area contributed by atoms with Gasteiger partial charge in [-0.25, -0.2) is 0 Å². The number of nitrogens with one attached hydrogen (secondary N) is 1. The molecular formula is C21H25NO4. The van der Waals surface area contributed by atoms with Gasteiger partial charge in [-0.3, -0.25) is 4.79 Å². The minimum absolute atomic E-state index is 0.0152. The molecule has 0 aliphatic heterocycles. The maximum Gasteiger partial charge on any atom is 0.258 e. The van der Waals surface area contributed by atoms with Crippen LogP contribution in [0.1, 0.15) is 24.0 Å². The maximum atomic E-state index is 11.9. The third-order valence-electron chi connectivity index (χ3n) is 4.44. The molecule has 0 atom stereocenters. The van der Waals surface area contributed by atoms with Crippen LogP contribution in [0.5, 0.6) is 17.2 Å². The summed E-state index contributed by atoms with van der Waals surface area (Å²) in [5.41, 5.74) is 2.76. The lowest BCUT2D eigenvalue weighted by molar-refractivity contribution is -0.123. The predicted octanol–water partition coefficient (Wildman–Crippen LogP) is 3.15. The van der Waals surface area contributed by atoms with Crippen LogP contribution < -0.4 is 19.5 Å². The van der Waals surface area contributed by atoms with E-state index in [-0.39, 0.29) is 12.5 Å². The minimum Gasteiger partial charge on any atom is -0.497 e. The normalized spacial score (nSPS) is 12.8. The Morgan fingerprint density at radius 1 is 0.923 bits per heavy atom. The van der Waals surface area contributed by atoms with Crippen LogP contribution >= 0.6 is 0 Å². The lowest BCUT2D eigenvalue weighted by atomic mass is 9.92. The highest BCUT2D eigenvalue weighted by atomic mass is 16.5. The van der Waals surface area contributed by atoms with Crippen molar-refractivity contribution in [3.63, 3.8) is 0 Å². The molecule has 0 spiro atoms. The summed E-state index contributed by atoms with van der Waals surface area (Å²) in [6, 6.07) is 13.5. The van der Waals surface area contributed by atoms with Crippen molar-refractivity contribution in [1.29, 1.82) is 0 Å². The third kappa shape index (κ3) is 5.15. The number of fused-ring (bicyclic) bond motifs is 1. The van der Waals surface area contributed by atoms with Gasteiger partial charge in [0.05, 0.1) is 13.7 Å². The van der Waals surface area contributed by atoms with E-state index in [2.05, 4.69) is 17.4 Å². The number of carbonyl (C=O) groups is 1. The summed E-state index contributed by atoms with van der Waals surface area (Å²) in [6.45, 7) is 0.844. The largest absolute Gasteiger partial charge is 0.497 e. The van der Waals surface area contributed by atoms with Crippen LogP contribution in [-0.2, 0) is 17.6 Å². The van der Waals surface area contributed by atoms with E-state index < -0.39 is 0 Å². The van der Waals surface area contributed by atoms with Crippen molar-refractivity contribution < 1.29 is 19.0 Å². The molecule has 0 fully saturated rings. The first-order valence-electron chi connectivity index (χ1n) is 9.03. The van der Waals surface area contributed by atoms with E-state index in [4.69, 9.17) is 14.2 Å². The number of ether oxygens (including phenoxy) is 3. The van der Waals surface area contributed by atoms with Gasteiger partial charge in [0.15, 0.2) is 6.61 Å². The molecule has 0 bridgehead atoms. The molecule has 0 radical (unpaired) electrons. The van der Waals surface area contributed by atoms with E-state index in [1.165, 1.54) is 24.0 Å². The molecule has 1 amide bonds. The zero-order valence-corrected chi connectivity index (χ0v) is 15.1. The number of carbonyl (C=O) groups excluding carboxylic acids is 1. The number of methoxy groups -OCH3 is 1. The first kappa shape index (κ1) is 18.1. The van der Waals surface area contributed by atoms with Crippen molar-refractivity contribution in [3.05, 3.63) is 53.6 Å². The number of aryl methyl sites for hydroxylation is 2. The third-order valence-corrected chi connectivity index (χ3v) is 4.44. The van der Waals surface area contributed by atoms with Gasteiger partial charge in [-0.05, 0) is 73.2 Å². The molecule has 2 aromatic carbocycles. The first-order valence-corrected chi connectivity index (χ1v) is 9.03. The van der Waals surface area contributed by atoms with Gasteiger partial charge in [0.1, 0.15) is 23.9 Å². The molecule has 1 N–H and O–H groups in total. The lowest BCUT2D eigenvalue weighted by Gasteiger charge is -2.16. The Hall–Kier alpha value is -2.69. The molecule has 0 unspecified atom stereocenters. The van der Waals surface area contributed by atoms with Gasteiger partial charge in [0.2, 0.25) is 0 Å². The van der Waals surface area contributed by atoms with Crippen LogP contribution in [0, 0.1) is 0 Å². The SMILES string of the molecule is COc1ccc(OCCNC(=O)COc2ccc3c(c2)CCCC3)cc1. The average molecular weight is 355 g/mol. The van der Waals surface area contributed by atoms with E-state index in [0.717, 1.165) is 30.1 Å². The highest BCUT2D eigenvalue weighted by Crippen LogP contribution is 2.25. The Labute approximate surface area is 154 Å². The Bertz CT molecular complexity index is 727. The van der Waals surface area contributed by atoms with Gasteiger partial charge >= 0.3 is 0 Å². The van der Waals surface area contributed by atoms with Crippen molar-refractivity contribution in [2.45, 2.75) is 25.7 Å². The quantitative estimate of drug-likeness (QED) is 0.739. The van der Waals surface area contributed by atoms with Crippen molar-refractivity contribution in [1.82, 2.24) is 5.32 Å². The fraction of sp³-hybridized carbons (Fsp3) is 0.381. The molecular weight excluding hydrogens is 330 g/mol. The Morgan fingerprint density at radius 3 is 2.38 bits per heavy atom. The lowest BCUT2D eigenvalue weighted by Crippen LogP contribution is -2.32. The summed E-state index contributed by atoms with van der Waals surface area (Å²) < 4.78 is 16.3. The van der Waals surface area contributed by atoms with Gasteiger partial charge in [0.25, 0.3) is 5.91 Å². The first-order chi connectivity index (χ1) is 12.7. The van der Waals surface area contributed by atoms with Gasteiger partial charge in [0, 0.05) is 0 Å². The molecule has 26 heavy (non-hydrogen) atoms. The Kier molecular flexibility index (Phi) is 6.36. The Balaban J connectivity index is 1.35. The zero-order valence-electron chi connectivity index (χ0n) is 15.1. The standard InChI is InChI=1S/C21H25NO4/c1-24-18-8-10-19(11-9-18)25-13-12-22-21(23)15-26-20-7-6-16-4-2-3-5-17(16)14-20/h6-11,14H,2-5,12-13,15H2,1H3,(H,22,23). The maximum absolute atomic E-state index is 11.9. The van der Waals surface area contributed by atoms with E-state index in [1.807, 2.05) is 30.3 Å². The van der Waals surface area contributed by atoms with Crippen molar-refractivity contribution >= 4 is 5.91 Å². The van der Waals surface area contributed by atoms with Gasteiger partial charge in [-0.1, -0.05) is 6.07 Å². The molecule has 138 valence electrons. The van der Waals surface area contributed by atoms with Crippen LogP contribution in [0.15, 0.2) is 42.5 Å². The smallest absolute Gasteiger partial charge is 0.258 e. The zero-order chi connectivity index (χ0) is 18.2. The van der Waals surface area contributed by atoms with E-state index in [1.54, 1.807) is 7.11 Å². The summed E-state index contributed by atoms with van der Waals surface area (Å²) >= 11 is 0. The number of hydrogen-bond donors (Lipinski definition) is 1. The van der Waals surface area contributed by atoms with Gasteiger partial charge in [-0.15, -0.1) is 0 Å². The minimum atomic E-state index is -0.152. The van der Waals surface area contributed by atoms with Crippen molar-refractivity contribution in [3.8, 4) is 17.2 Å². The molecule has 0 saturated carbocycles. The van der Waals surface area contributed by atoms with Crippen LogP contribution in [0.3, 0.4) is 0 Å². The number of amides is 1. The fourth-order valence-electron chi connectivity index (χ4n) is 3.03. The summed E-state index contributed by atoms with van der Waals surface area (Å²) in [7, 11) is 1.62. The number of hydrogen-bond acceptors (Lipinski definition) is 4. The highest BCUT2D eigenvalue weighted by molar-refractivity contribution is 5.77. The van der Waals surface area contributed by atoms with Crippen LogP contribution in [0.25, 0.3) is 0 Å². The molecule has 2 aromatic rings. The summed E-state index contributed by atoms with van der Waals surface area (Å²) in [6.07, 6.45) is 4.73. The van der Waals surface area contributed by atoms with E-state index >= 15 is 0 Å². The second-order valence-electron chi connectivity index (χ2n) is 6.30. The molecule has 3 rings (SSSR count).